The van der Waals surface area contributed by atoms with Crippen LogP contribution >= 0.6 is 0 Å². The van der Waals surface area contributed by atoms with Crippen LogP contribution in [0.25, 0.3) is 21.8 Å². The molecule has 0 saturated carbocycles. The van der Waals surface area contributed by atoms with Gasteiger partial charge in [0.05, 0.1) is 28.8 Å². The van der Waals surface area contributed by atoms with E-state index in [1.165, 1.54) is 19.2 Å². The summed E-state index contributed by atoms with van der Waals surface area (Å²) in [6.45, 7) is 1.43. The van der Waals surface area contributed by atoms with Crippen LogP contribution in [0.3, 0.4) is 0 Å². The number of nitrogens with zero attached hydrogens (tertiary/aromatic N) is 2. The summed E-state index contributed by atoms with van der Waals surface area (Å²) in [7, 11) is 0. The summed E-state index contributed by atoms with van der Waals surface area (Å²) in [6, 6.07) is 8.32. The molecule has 3 aromatic heterocycles. The van der Waals surface area contributed by atoms with E-state index >= 15 is 0 Å². The molecular weight excluding hydrogens is 475 g/mol. The molecule has 3 heterocycles. The molecule has 36 heavy (non-hydrogen) atoms. The van der Waals surface area contributed by atoms with Gasteiger partial charge in [0.15, 0.2) is 0 Å². The van der Waals surface area contributed by atoms with E-state index in [1.54, 1.807) is 24.3 Å². The summed E-state index contributed by atoms with van der Waals surface area (Å²) in [6.07, 6.45) is 2.29. The number of hydrogen-bond donors (Lipinski definition) is 3. The molecule has 2 atom stereocenters. The molecule has 0 aliphatic heterocycles. The van der Waals surface area contributed by atoms with Gasteiger partial charge in [0.25, 0.3) is 5.56 Å². The Morgan fingerprint density at radius 2 is 1.78 bits per heavy atom. The molecule has 2 aromatic carbocycles. The number of carbonyl (C=O) groups excluding carboxylic acids is 1. The highest BCUT2D eigenvalue weighted by atomic mass is 19.1. The molecule has 5 rings (SSSR count). The van der Waals surface area contributed by atoms with Gasteiger partial charge in [-0.05, 0) is 31.2 Å². The molecule has 0 saturated heterocycles. The van der Waals surface area contributed by atoms with Crippen LogP contribution in [-0.4, -0.2) is 25.4 Å². The number of para-hydroxylation sites is 1. The number of H-pyrrole nitrogens is 2. The van der Waals surface area contributed by atoms with Crippen LogP contribution in [0.2, 0.25) is 0 Å². The van der Waals surface area contributed by atoms with Crippen LogP contribution in [0.1, 0.15) is 30.3 Å². The average Bonchev–Trinajstić information content (AvgIpc) is 3.25. The van der Waals surface area contributed by atoms with E-state index in [9.17, 15) is 27.6 Å². The molecule has 0 unspecified atom stereocenters. The number of rotatable bonds is 5. The smallest absolute Gasteiger partial charge is 0.329 e. The predicted molar refractivity (Wildman–Crippen MR) is 126 cm³/mol. The number of hydrogen-bond acceptors (Lipinski definition) is 4. The number of aromatic nitrogens is 4. The van der Waals surface area contributed by atoms with Gasteiger partial charge >= 0.3 is 5.69 Å². The zero-order valence-electron chi connectivity index (χ0n) is 18.7. The Kier molecular flexibility index (Phi) is 5.67. The quantitative estimate of drug-likeness (QED) is 0.348. The van der Waals surface area contributed by atoms with Crippen molar-refractivity contribution in [1.82, 2.24) is 24.8 Å². The van der Waals surface area contributed by atoms with Crippen LogP contribution in [-0.2, 0) is 4.79 Å². The van der Waals surface area contributed by atoms with Crippen molar-refractivity contribution in [2.75, 3.05) is 0 Å². The molecular formula is C25H18F3N5O3. The van der Waals surface area contributed by atoms with Gasteiger partial charge < -0.3 is 15.3 Å². The first-order valence-electron chi connectivity index (χ1n) is 10.9. The molecule has 1 amide bonds. The molecule has 182 valence electrons. The lowest BCUT2D eigenvalue weighted by atomic mass is 10.0. The number of halogens is 3. The van der Waals surface area contributed by atoms with Crippen LogP contribution in [0.4, 0.5) is 13.2 Å². The molecule has 0 spiro atoms. The summed E-state index contributed by atoms with van der Waals surface area (Å²) in [5.41, 5.74) is -0.997. The van der Waals surface area contributed by atoms with Gasteiger partial charge in [-0.15, -0.1) is 0 Å². The second-order valence-electron chi connectivity index (χ2n) is 8.24. The van der Waals surface area contributed by atoms with Gasteiger partial charge in [0.1, 0.15) is 23.5 Å². The van der Waals surface area contributed by atoms with Gasteiger partial charge in [-0.25, -0.2) is 22.5 Å². The number of fused-ring (bicyclic) bond motifs is 2. The summed E-state index contributed by atoms with van der Waals surface area (Å²) in [4.78, 5) is 49.3. The average molecular weight is 493 g/mol. The minimum absolute atomic E-state index is 0.103. The Hall–Kier alpha value is -4.67. The summed E-state index contributed by atoms with van der Waals surface area (Å²) in [5.74, 6) is -3.38. The highest BCUT2D eigenvalue weighted by Gasteiger charge is 2.31. The lowest BCUT2D eigenvalue weighted by Crippen LogP contribution is -2.45. The van der Waals surface area contributed by atoms with E-state index in [1.807, 2.05) is 0 Å². The third kappa shape index (κ3) is 3.94. The minimum atomic E-state index is -1.52. The van der Waals surface area contributed by atoms with Gasteiger partial charge in [0, 0.05) is 28.7 Å². The Balaban J connectivity index is 1.68. The van der Waals surface area contributed by atoms with Crippen molar-refractivity contribution in [3.63, 3.8) is 0 Å². The molecule has 0 aliphatic rings. The van der Waals surface area contributed by atoms with Crippen LogP contribution in [0.5, 0.6) is 0 Å². The zero-order valence-corrected chi connectivity index (χ0v) is 18.7. The van der Waals surface area contributed by atoms with Gasteiger partial charge in [-0.1, -0.05) is 18.2 Å². The van der Waals surface area contributed by atoms with Gasteiger partial charge in [-0.2, -0.15) is 0 Å². The molecule has 8 nitrogen and oxygen atoms in total. The standard InChI is InChI=1S/C25H18F3N5O3/c1-12(21-18(28)9-14(27)10-30-21)31-23(34)22(17-11-29-19-5-3-2-4-15(17)19)33-24(35)16-8-13(26)6-7-20(16)32-25(33)36/h2-12,22,29H,1H3,(H,31,34)(H,32,36)/t12-,22+/m0/s1. The van der Waals surface area contributed by atoms with Crippen molar-refractivity contribution in [1.29, 1.82) is 0 Å². The fourth-order valence-corrected chi connectivity index (χ4v) is 4.26. The second-order valence-corrected chi connectivity index (χ2v) is 8.24. The van der Waals surface area contributed by atoms with Crippen LogP contribution in [0, 0.1) is 17.5 Å². The third-order valence-corrected chi connectivity index (χ3v) is 5.92. The van der Waals surface area contributed by atoms with E-state index in [2.05, 4.69) is 20.3 Å². The molecule has 0 aliphatic carbocycles. The van der Waals surface area contributed by atoms with Crippen molar-refractivity contribution in [2.24, 2.45) is 0 Å². The number of carbonyl (C=O) groups is 1. The normalized spacial score (nSPS) is 13.1. The summed E-state index contributed by atoms with van der Waals surface area (Å²) < 4.78 is 42.2. The van der Waals surface area contributed by atoms with Crippen LogP contribution < -0.4 is 16.6 Å². The maximum absolute atomic E-state index is 14.3. The molecule has 0 fully saturated rings. The Morgan fingerprint density at radius 1 is 1.00 bits per heavy atom. The molecule has 0 radical (unpaired) electrons. The number of aromatic amines is 2. The number of pyridine rings is 1. The number of benzene rings is 2. The van der Waals surface area contributed by atoms with E-state index in [4.69, 9.17) is 0 Å². The van der Waals surface area contributed by atoms with Gasteiger partial charge in [-0.3, -0.25) is 14.6 Å². The molecule has 3 N–H and O–H groups in total. The largest absolute Gasteiger partial charge is 0.361 e. The van der Waals surface area contributed by atoms with Crippen molar-refractivity contribution in [3.05, 3.63) is 110 Å². The van der Waals surface area contributed by atoms with E-state index in [0.717, 1.165) is 18.3 Å². The third-order valence-electron chi connectivity index (χ3n) is 5.92. The highest BCUT2D eigenvalue weighted by molar-refractivity contribution is 5.92. The SMILES string of the molecule is C[C@H](NC(=O)[C@@H](c1c[nH]c2ccccc12)n1c(=O)[nH]c2ccc(F)cc2c1=O)c1ncc(F)cc1F. The molecule has 5 aromatic rings. The lowest BCUT2D eigenvalue weighted by molar-refractivity contribution is -0.124. The Labute approximate surface area is 200 Å². The van der Waals surface area contributed by atoms with E-state index in [0.29, 0.717) is 21.5 Å². The first kappa shape index (κ1) is 23.1. The monoisotopic (exact) mass is 493 g/mol. The lowest BCUT2D eigenvalue weighted by Gasteiger charge is -2.22. The first-order valence-corrected chi connectivity index (χ1v) is 10.9. The summed E-state index contributed by atoms with van der Waals surface area (Å²) >= 11 is 0. The Bertz CT molecular complexity index is 1760. The van der Waals surface area contributed by atoms with E-state index in [-0.39, 0.29) is 22.2 Å². The topological polar surface area (TPSA) is 113 Å². The first-order chi connectivity index (χ1) is 17.2. The number of nitrogens with one attached hydrogen (secondary N) is 3. The minimum Gasteiger partial charge on any atom is -0.361 e. The fourth-order valence-electron chi connectivity index (χ4n) is 4.26. The zero-order chi connectivity index (χ0) is 25.6. The second kappa shape index (κ2) is 8.84. The maximum Gasteiger partial charge on any atom is 0.329 e. The van der Waals surface area contributed by atoms with E-state index < -0.39 is 46.7 Å². The van der Waals surface area contributed by atoms with Crippen molar-refractivity contribution in [3.8, 4) is 0 Å². The van der Waals surface area contributed by atoms with Crippen molar-refractivity contribution >= 4 is 27.7 Å². The van der Waals surface area contributed by atoms with Gasteiger partial charge in [0.2, 0.25) is 5.91 Å². The highest BCUT2D eigenvalue weighted by Crippen LogP contribution is 2.27. The van der Waals surface area contributed by atoms with Crippen molar-refractivity contribution in [2.45, 2.75) is 19.0 Å². The Morgan fingerprint density at radius 3 is 2.56 bits per heavy atom. The van der Waals surface area contributed by atoms with Crippen LogP contribution in [0.15, 0.2) is 70.5 Å². The maximum atomic E-state index is 14.3. The van der Waals surface area contributed by atoms with Crippen molar-refractivity contribution < 1.29 is 18.0 Å². The predicted octanol–water partition coefficient (Wildman–Crippen LogP) is 3.45. The molecule has 11 heteroatoms. The fraction of sp³-hybridized carbons (Fsp3) is 0.120. The number of amides is 1. The molecule has 0 bridgehead atoms. The summed E-state index contributed by atoms with van der Waals surface area (Å²) in [5, 5.41) is 2.98.